The number of carbonyl (C=O) groups is 1. The number of benzene rings is 2. The topological polar surface area (TPSA) is 23.6 Å². The van der Waals surface area contributed by atoms with Gasteiger partial charge in [0.1, 0.15) is 0 Å². The predicted octanol–water partition coefficient (Wildman–Crippen LogP) is 3.24. The first-order valence-corrected chi connectivity index (χ1v) is 8.95. The average molecular weight is 320 g/mol. The van der Waals surface area contributed by atoms with Gasteiger partial charge in [-0.1, -0.05) is 54.6 Å². The molecule has 124 valence electrons. The Kier molecular flexibility index (Phi) is 4.35. The van der Waals surface area contributed by atoms with Crippen LogP contribution < -0.4 is 0 Å². The van der Waals surface area contributed by atoms with Crippen molar-refractivity contribution in [3.63, 3.8) is 0 Å². The summed E-state index contributed by atoms with van der Waals surface area (Å²) in [7, 11) is 0. The quantitative estimate of drug-likeness (QED) is 0.867. The molecule has 0 saturated carbocycles. The number of nitrogens with zero attached hydrogens (tertiary/aromatic N) is 2. The van der Waals surface area contributed by atoms with Gasteiger partial charge in [0.2, 0.25) is 5.91 Å². The van der Waals surface area contributed by atoms with E-state index in [4.69, 9.17) is 0 Å². The summed E-state index contributed by atoms with van der Waals surface area (Å²) >= 11 is 0. The molecule has 3 heteroatoms. The summed E-state index contributed by atoms with van der Waals surface area (Å²) in [5, 5.41) is 0. The van der Waals surface area contributed by atoms with E-state index in [1.54, 1.807) is 0 Å². The summed E-state index contributed by atoms with van der Waals surface area (Å²) in [6.45, 7) is 3.52. The van der Waals surface area contributed by atoms with Crippen molar-refractivity contribution in [1.29, 1.82) is 0 Å². The number of likely N-dealkylation sites (tertiary alicyclic amines) is 1. The lowest BCUT2D eigenvalue weighted by Crippen LogP contribution is -2.47. The second kappa shape index (κ2) is 6.78. The first-order valence-electron chi connectivity index (χ1n) is 8.95. The fraction of sp³-hybridized carbons (Fsp3) is 0.381. The van der Waals surface area contributed by atoms with Crippen molar-refractivity contribution in [2.24, 2.45) is 0 Å². The van der Waals surface area contributed by atoms with Crippen LogP contribution in [-0.2, 0) is 24.3 Å². The Labute approximate surface area is 143 Å². The normalized spacial score (nSPS) is 20.8. The van der Waals surface area contributed by atoms with Crippen molar-refractivity contribution in [3.8, 4) is 0 Å². The lowest BCUT2D eigenvalue weighted by atomic mass is 9.99. The predicted molar refractivity (Wildman–Crippen MR) is 95.4 cm³/mol. The highest BCUT2D eigenvalue weighted by atomic mass is 16.2. The summed E-state index contributed by atoms with van der Waals surface area (Å²) in [5.74, 6) is 0.318. The van der Waals surface area contributed by atoms with Crippen molar-refractivity contribution in [1.82, 2.24) is 9.80 Å². The fourth-order valence-corrected chi connectivity index (χ4v) is 4.01. The van der Waals surface area contributed by atoms with Crippen molar-refractivity contribution >= 4 is 5.91 Å². The van der Waals surface area contributed by atoms with Gasteiger partial charge >= 0.3 is 0 Å². The van der Waals surface area contributed by atoms with Crippen molar-refractivity contribution < 1.29 is 4.79 Å². The SMILES string of the molecule is O=C(C1CCCN1Cc1ccccc1)N1CCc2ccccc2C1. The zero-order valence-electron chi connectivity index (χ0n) is 14.0. The molecule has 1 atom stereocenters. The molecule has 4 rings (SSSR count). The van der Waals surface area contributed by atoms with Gasteiger partial charge in [-0.05, 0) is 42.5 Å². The molecule has 2 heterocycles. The second-order valence-corrected chi connectivity index (χ2v) is 6.89. The largest absolute Gasteiger partial charge is 0.337 e. The molecular formula is C21H24N2O. The average Bonchev–Trinajstić information content (AvgIpc) is 3.09. The molecule has 3 nitrogen and oxygen atoms in total. The van der Waals surface area contributed by atoms with Crippen LogP contribution in [0.2, 0.25) is 0 Å². The highest BCUT2D eigenvalue weighted by molar-refractivity contribution is 5.82. The Morgan fingerprint density at radius 3 is 2.54 bits per heavy atom. The van der Waals surface area contributed by atoms with Crippen molar-refractivity contribution in [3.05, 3.63) is 71.3 Å². The van der Waals surface area contributed by atoms with Gasteiger partial charge in [0.25, 0.3) is 0 Å². The third kappa shape index (κ3) is 3.09. The minimum atomic E-state index is 0.0514. The zero-order chi connectivity index (χ0) is 16.4. The molecule has 1 unspecified atom stereocenters. The summed E-state index contributed by atoms with van der Waals surface area (Å²) in [6, 6.07) is 19.1. The third-order valence-electron chi connectivity index (χ3n) is 5.32. The van der Waals surface area contributed by atoms with Gasteiger partial charge in [-0.25, -0.2) is 0 Å². The zero-order valence-corrected chi connectivity index (χ0v) is 14.0. The maximum atomic E-state index is 13.1. The molecule has 2 aliphatic rings. The Hall–Kier alpha value is -2.13. The first kappa shape index (κ1) is 15.4. The highest BCUT2D eigenvalue weighted by Crippen LogP contribution is 2.25. The van der Waals surface area contributed by atoms with E-state index in [9.17, 15) is 4.79 Å². The molecule has 24 heavy (non-hydrogen) atoms. The number of hydrogen-bond donors (Lipinski definition) is 0. The van der Waals surface area contributed by atoms with Gasteiger partial charge in [-0.2, -0.15) is 0 Å². The van der Waals surface area contributed by atoms with Crippen molar-refractivity contribution in [2.45, 2.75) is 38.4 Å². The molecule has 2 aromatic rings. The summed E-state index contributed by atoms with van der Waals surface area (Å²) in [6.07, 6.45) is 3.09. The van der Waals surface area contributed by atoms with Gasteiger partial charge in [-0.3, -0.25) is 9.69 Å². The Morgan fingerprint density at radius 1 is 0.958 bits per heavy atom. The molecule has 0 aliphatic carbocycles. The van der Waals surface area contributed by atoms with E-state index in [1.807, 2.05) is 6.07 Å². The van der Waals surface area contributed by atoms with E-state index < -0.39 is 0 Å². The fourth-order valence-electron chi connectivity index (χ4n) is 4.01. The van der Waals surface area contributed by atoms with Crippen LogP contribution in [0.25, 0.3) is 0 Å². The Morgan fingerprint density at radius 2 is 1.71 bits per heavy atom. The van der Waals surface area contributed by atoms with Gasteiger partial charge in [0, 0.05) is 19.6 Å². The van der Waals surface area contributed by atoms with Gasteiger partial charge in [-0.15, -0.1) is 0 Å². The smallest absolute Gasteiger partial charge is 0.240 e. The van der Waals surface area contributed by atoms with Crippen LogP contribution in [0.4, 0.5) is 0 Å². The Balaban J connectivity index is 1.46. The van der Waals surface area contributed by atoms with E-state index in [2.05, 4.69) is 58.3 Å². The van der Waals surface area contributed by atoms with Crippen LogP contribution in [-0.4, -0.2) is 34.8 Å². The van der Waals surface area contributed by atoms with E-state index in [1.165, 1.54) is 16.7 Å². The molecule has 0 bridgehead atoms. The van der Waals surface area contributed by atoms with Gasteiger partial charge in [0.15, 0.2) is 0 Å². The second-order valence-electron chi connectivity index (χ2n) is 6.89. The molecule has 2 aromatic carbocycles. The van der Waals surface area contributed by atoms with Crippen LogP contribution >= 0.6 is 0 Å². The van der Waals surface area contributed by atoms with E-state index >= 15 is 0 Å². The minimum absolute atomic E-state index is 0.0514. The summed E-state index contributed by atoms with van der Waals surface area (Å²) in [5.41, 5.74) is 4.00. The summed E-state index contributed by atoms with van der Waals surface area (Å²) in [4.78, 5) is 17.5. The third-order valence-corrected chi connectivity index (χ3v) is 5.32. The van der Waals surface area contributed by atoms with Crippen LogP contribution in [0.3, 0.4) is 0 Å². The molecule has 1 saturated heterocycles. The number of amides is 1. The van der Waals surface area contributed by atoms with Crippen LogP contribution in [0.15, 0.2) is 54.6 Å². The molecular weight excluding hydrogens is 296 g/mol. The van der Waals surface area contributed by atoms with E-state index in [0.717, 1.165) is 45.4 Å². The van der Waals surface area contributed by atoms with Crippen molar-refractivity contribution in [2.75, 3.05) is 13.1 Å². The van der Waals surface area contributed by atoms with Gasteiger partial charge < -0.3 is 4.90 Å². The van der Waals surface area contributed by atoms with E-state index in [0.29, 0.717) is 5.91 Å². The lowest BCUT2D eigenvalue weighted by Gasteiger charge is -2.33. The van der Waals surface area contributed by atoms with E-state index in [-0.39, 0.29) is 6.04 Å². The number of rotatable bonds is 3. The number of hydrogen-bond acceptors (Lipinski definition) is 2. The molecule has 0 spiro atoms. The molecule has 0 aromatic heterocycles. The first-order chi connectivity index (χ1) is 11.8. The molecule has 0 radical (unpaired) electrons. The maximum absolute atomic E-state index is 13.1. The monoisotopic (exact) mass is 320 g/mol. The Bertz CT molecular complexity index is 713. The molecule has 2 aliphatic heterocycles. The van der Waals surface area contributed by atoms with Crippen LogP contribution in [0.5, 0.6) is 0 Å². The number of fused-ring (bicyclic) bond motifs is 1. The molecule has 0 N–H and O–H groups in total. The van der Waals surface area contributed by atoms with Gasteiger partial charge in [0.05, 0.1) is 6.04 Å². The highest BCUT2D eigenvalue weighted by Gasteiger charge is 2.34. The standard InChI is InChI=1S/C21H24N2O/c24-21(23-14-12-18-9-4-5-10-19(18)16-23)20-11-6-13-22(20)15-17-7-2-1-3-8-17/h1-5,7-10,20H,6,11-16H2. The number of carbonyl (C=O) groups excluding carboxylic acids is 1. The maximum Gasteiger partial charge on any atom is 0.240 e. The minimum Gasteiger partial charge on any atom is -0.337 e. The summed E-state index contributed by atoms with van der Waals surface area (Å²) < 4.78 is 0. The lowest BCUT2D eigenvalue weighted by molar-refractivity contribution is -0.137. The molecule has 1 amide bonds. The van der Waals surface area contributed by atoms with Crippen LogP contribution in [0, 0.1) is 0 Å². The van der Waals surface area contributed by atoms with Crippen LogP contribution in [0.1, 0.15) is 29.5 Å². The molecule has 1 fully saturated rings.